The third kappa shape index (κ3) is 3.22. The molecular formula is C14H19BrN4. The Morgan fingerprint density at radius 1 is 1.32 bits per heavy atom. The first kappa shape index (κ1) is 14.2. The van der Waals surface area contributed by atoms with Crippen molar-refractivity contribution in [1.82, 2.24) is 20.1 Å². The fraction of sp³-hybridized carbons (Fsp3) is 0.429. The van der Waals surface area contributed by atoms with Gasteiger partial charge in [-0.25, -0.2) is 0 Å². The van der Waals surface area contributed by atoms with Gasteiger partial charge in [0.25, 0.3) is 0 Å². The van der Waals surface area contributed by atoms with Crippen molar-refractivity contribution in [2.24, 2.45) is 0 Å². The molecule has 19 heavy (non-hydrogen) atoms. The van der Waals surface area contributed by atoms with E-state index in [-0.39, 0.29) is 6.04 Å². The number of nitrogens with zero attached hydrogens (tertiary/aromatic N) is 3. The van der Waals surface area contributed by atoms with Crippen LogP contribution in [0.5, 0.6) is 0 Å². The minimum Gasteiger partial charge on any atom is -0.304 e. The lowest BCUT2D eigenvalue weighted by molar-refractivity contribution is 0.520. The lowest BCUT2D eigenvalue weighted by Gasteiger charge is -2.20. The van der Waals surface area contributed by atoms with Crippen molar-refractivity contribution < 1.29 is 0 Å². The van der Waals surface area contributed by atoms with Crippen molar-refractivity contribution in [3.63, 3.8) is 0 Å². The number of rotatable bonds is 6. The Kier molecular flexibility index (Phi) is 5.10. The molecule has 0 fully saturated rings. The Morgan fingerprint density at radius 3 is 2.84 bits per heavy atom. The second-order valence-corrected chi connectivity index (χ2v) is 5.18. The van der Waals surface area contributed by atoms with E-state index in [1.807, 2.05) is 29.2 Å². The highest BCUT2D eigenvalue weighted by Gasteiger charge is 2.20. The normalized spacial score (nSPS) is 12.6. The van der Waals surface area contributed by atoms with Crippen molar-refractivity contribution in [3.05, 3.63) is 46.5 Å². The van der Waals surface area contributed by atoms with Crippen LogP contribution in [0.1, 0.15) is 37.7 Å². The summed E-state index contributed by atoms with van der Waals surface area (Å²) >= 11 is 3.59. The molecule has 1 N–H and O–H groups in total. The Hall–Kier alpha value is -1.20. The van der Waals surface area contributed by atoms with E-state index in [0.29, 0.717) is 0 Å². The molecule has 1 atom stereocenters. The molecule has 2 heterocycles. The number of aryl methyl sites for hydroxylation is 1. The molecule has 102 valence electrons. The fourth-order valence-corrected chi connectivity index (χ4v) is 2.58. The zero-order valence-electron chi connectivity index (χ0n) is 11.3. The number of hydrogen-bond acceptors (Lipinski definition) is 3. The standard InChI is InChI=1S/C14H19BrN4/c1-3-8-16-14(12-7-10-18-19(12)4-2)13-11(15)6-5-9-17-13/h5-7,9-10,14,16H,3-4,8H2,1-2H3. The average molecular weight is 323 g/mol. The molecule has 0 aliphatic heterocycles. The van der Waals surface area contributed by atoms with E-state index in [1.54, 1.807) is 0 Å². The number of nitrogens with one attached hydrogen (secondary N) is 1. The minimum atomic E-state index is 0.0676. The summed E-state index contributed by atoms with van der Waals surface area (Å²) in [6.45, 7) is 6.06. The molecule has 0 saturated heterocycles. The Bertz CT molecular complexity index is 524. The van der Waals surface area contributed by atoms with Crippen LogP contribution in [0.3, 0.4) is 0 Å². The Balaban J connectivity index is 2.39. The van der Waals surface area contributed by atoms with Crippen LogP contribution in [-0.4, -0.2) is 21.3 Å². The molecule has 2 rings (SSSR count). The number of halogens is 1. The monoisotopic (exact) mass is 322 g/mol. The van der Waals surface area contributed by atoms with Crippen LogP contribution >= 0.6 is 15.9 Å². The molecule has 0 aliphatic carbocycles. The van der Waals surface area contributed by atoms with E-state index in [2.05, 4.69) is 51.2 Å². The molecule has 2 aromatic rings. The van der Waals surface area contributed by atoms with Crippen LogP contribution in [0.4, 0.5) is 0 Å². The van der Waals surface area contributed by atoms with Gasteiger partial charge >= 0.3 is 0 Å². The number of aromatic nitrogens is 3. The Labute approximate surface area is 122 Å². The van der Waals surface area contributed by atoms with Crippen LogP contribution < -0.4 is 5.32 Å². The smallest absolute Gasteiger partial charge is 0.0933 e. The lowest BCUT2D eigenvalue weighted by atomic mass is 10.1. The van der Waals surface area contributed by atoms with Crippen molar-refractivity contribution >= 4 is 15.9 Å². The highest BCUT2D eigenvalue weighted by Crippen LogP contribution is 2.26. The van der Waals surface area contributed by atoms with Crippen LogP contribution in [0.25, 0.3) is 0 Å². The highest BCUT2D eigenvalue weighted by atomic mass is 79.9. The zero-order valence-corrected chi connectivity index (χ0v) is 12.9. The van der Waals surface area contributed by atoms with Crippen LogP contribution in [0, 0.1) is 0 Å². The maximum Gasteiger partial charge on any atom is 0.0933 e. The van der Waals surface area contributed by atoms with Gasteiger partial charge < -0.3 is 5.32 Å². The molecule has 0 aliphatic rings. The molecule has 1 unspecified atom stereocenters. The second-order valence-electron chi connectivity index (χ2n) is 4.33. The summed E-state index contributed by atoms with van der Waals surface area (Å²) in [7, 11) is 0. The van der Waals surface area contributed by atoms with Gasteiger partial charge in [-0.3, -0.25) is 9.67 Å². The molecule has 0 saturated carbocycles. The zero-order chi connectivity index (χ0) is 13.7. The topological polar surface area (TPSA) is 42.7 Å². The van der Waals surface area contributed by atoms with E-state index < -0.39 is 0 Å². The first-order valence-electron chi connectivity index (χ1n) is 6.63. The fourth-order valence-electron chi connectivity index (χ4n) is 2.09. The number of hydrogen-bond donors (Lipinski definition) is 1. The molecule has 5 heteroatoms. The van der Waals surface area contributed by atoms with Crippen LogP contribution in [-0.2, 0) is 6.54 Å². The van der Waals surface area contributed by atoms with Crippen molar-refractivity contribution in [2.45, 2.75) is 32.9 Å². The molecule has 2 aromatic heterocycles. The number of pyridine rings is 1. The molecule has 4 nitrogen and oxygen atoms in total. The molecule has 0 spiro atoms. The third-order valence-corrected chi connectivity index (χ3v) is 3.67. The SMILES string of the molecule is CCCNC(c1ncccc1Br)c1ccnn1CC. The maximum atomic E-state index is 4.51. The first-order chi connectivity index (χ1) is 9.27. The maximum absolute atomic E-state index is 4.51. The molecule has 0 radical (unpaired) electrons. The summed E-state index contributed by atoms with van der Waals surface area (Å²) < 4.78 is 3.03. The van der Waals surface area contributed by atoms with Gasteiger partial charge in [-0.05, 0) is 54.0 Å². The molecule has 0 bridgehead atoms. The predicted octanol–water partition coefficient (Wildman–Crippen LogP) is 3.15. The van der Waals surface area contributed by atoms with Crippen LogP contribution in [0.15, 0.2) is 35.1 Å². The summed E-state index contributed by atoms with van der Waals surface area (Å²) in [6, 6.07) is 6.08. The quantitative estimate of drug-likeness (QED) is 0.888. The largest absolute Gasteiger partial charge is 0.304 e. The van der Waals surface area contributed by atoms with Gasteiger partial charge in [-0.15, -0.1) is 0 Å². The first-order valence-corrected chi connectivity index (χ1v) is 7.42. The van der Waals surface area contributed by atoms with E-state index in [1.165, 1.54) is 0 Å². The summed E-state index contributed by atoms with van der Waals surface area (Å²) in [4.78, 5) is 4.51. The highest BCUT2D eigenvalue weighted by molar-refractivity contribution is 9.10. The van der Waals surface area contributed by atoms with Crippen molar-refractivity contribution in [1.29, 1.82) is 0 Å². The van der Waals surface area contributed by atoms with Crippen LogP contribution in [0.2, 0.25) is 0 Å². The van der Waals surface area contributed by atoms with E-state index in [9.17, 15) is 0 Å². The van der Waals surface area contributed by atoms with E-state index in [0.717, 1.165) is 35.4 Å². The van der Waals surface area contributed by atoms with Gasteiger partial charge in [-0.1, -0.05) is 6.92 Å². The molecule has 0 aromatic carbocycles. The average Bonchev–Trinajstić information content (AvgIpc) is 2.89. The van der Waals surface area contributed by atoms with Gasteiger partial charge in [0.1, 0.15) is 0 Å². The second kappa shape index (κ2) is 6.82. The lowest BCUT2D eigenvalue weighted by Crippen LogP contribution is -2.26. The third-order valence-electron chi connectivity index (χ3n) is 3.00. The van der Waals surface area contributed by atoms with Gasteiger partial charge in [0.15, 0.2) is 0 Å². The van der Waals surface area contributed by atoms with Crippen molar-refractivity contribution in [2.75, 3.05) is 6.54 Å². The van der Waals surface area contributed by atoms with E-state index >= 15 is 0 Å². The van der Waals surface area contributed by atoms with Gasteiger partial charge in [0, 0.05) is 23.4 Å². The summed E-state index contributed by atoms with van der Waals surface area (Å²) in [6.07, 6.45) is 4.75. The molecule has 0 amide bonds. The van der Waals surface area contributed by atoms with Crippen molar-refractivity contribution in [3.8, 4) is 0 Å². The summed E-state index contributed by atoms with van der Waals surface area (Å²) in [5, 5.41) is 7.90. The Morgan fingerprint density at radius 2 is 2.16 bits per heavy atom. The predicted molar refractivity (Wildman–Crippen MR) is 80.0 cm³/mol. The summed E-state index contributed by atoms with van der Waals surface area (Å²) in [5.74, 6) is 0. The van der Waals surface area contributed by atoms with Gasteiger partial charge in [0.2, 0.25) is 0 Å². The van der Waals surface area contributed by atoms with Gasteiger partial charge in [-0.2, -0.15) is 5.10 Å². The molecular weight excluding hydrogens is 304 g/mol. The summed E-state index contributed by atoms with van der Waals surface area (Å²) in [5.41, 5.74) is 2.15. The minimum absolute atomic E-state index is 0.0676. The van der Waals surface area contributed by atoms with E-state index in [4.69, 9.17) is 0 Å². The van der Waals surface area contributed by atoms with Gasteiger partial charge in [0.05, 0.1) is 17.4 Å².